The molecule has 1 aliphatic heterocycles. The van der Waals surface area contributed by atoms with E-state index in [1.165, 1.54) is 4.90 Å². The molecular weight excluding hydrogens is 585 g/mol. The summed E-state index contributed by atoms with van der Waals surface area (Å²) in [5.74, 6) is -0.953. The summed E-state index contributed by atoms with van der Waals surface area (Å²) >= 11 is 0. The summed E-state index contributed by atoms with van der Waals surface area (Å²) in [6, 6.07) is 0.535. The van der Waals surface area contributed by atoms with Gasteiger partial charge < -0.3 is 9.64 Å². The Morgan fingerprint density at radius 1 is 0.952 bits per heavy atom. The molecule has 4 rings (SSSR count). The van der Waals surface area contributed by atoms with Crippen LogP contribution in [0.1, 0.15) is 74.2 Å². The van der Waals surface area contributed by atoms with Crippen LogP contribution < -0.4 is 4.90 Å². The molecule has 230 valence electrons. The first-order chi connectivity index (χ1) is 19.3. The monoisotopic (exact) mass is 611 g/mol. The molecule has 0 radical (unpaired) electrons. The quantitative estimate of drug-likeness (QED) is 0.325. The van der Waals surface area contributed by atoms with Gasteiger partial charge in [0.25, 0.3) is 0 Å². The Morgan fingerprint density at radius 2 is 1.52 bits per heavy atom. The van der Waals surface area contributed by atoms with Crippen LogP contribution in [0, 0.1) is 5.92 Å². The first kappa shape index (κ1) is 31.4. The van der Waals surface area contributed by atoms with Crippen LogP contribution in [0.15, 0.2) is 30.3 Å². The van der Waals surface area contributed by atoms with E-state index in [1.807, 2.05) is 0 Å². The zero-order valence-corrected chi connectivity index (χ0v) is 22.5. The van der Waals surface area contributed by atoms with Gasteiger partial charge in [-0.3, -0.25) is 9.69 Å². The molecule has 1 aliphatic carbocycles. The molecule has 6 nitrogen and oxygen atoms in total. The van der Waals surface area contributed by atoms with E-state index in [9.17, 15) is 49.1 Å². The van der Waals surface area contributed by atoms with Crippen molar-refractivity contribution in [2.45, 2.75) is 83.3 Å². The van der Waals surface area contributed by atoms with Crippen molar-refractivity contribution in [2.75, 3.05) is 4.90 Å². The molecule has 0 saturated heterocycles. The average molecular weight is 612 g/mol. The van der Waals surface area contributed by atoms with Crippen molar-refractivity contribution in [3.05, 3.63) is 58.4 Å². The van der Waals surface area contributed by atoms with Crippen molar-refractivity contribution >= 4 is 17.7 Å². The summed E-state index contributed by atoms with van der Waals surface area (Å²) in [4.78, 5) is 31.8. The predicted octanol–water partition coefficient (Wildman–Crippen LogP) is 7.76. The van der Waals surface area contributed by atoms with E-state index in [-0.39, 0.29) is 29.8 Å². The summed E-state index contributed by atoms with van der Waals surface area (Å²) < 4.78 is 127. The Labute approximate surface area is 234 Å². The second kappa shape index (κ2) is 11.0. The van der Waals surface area contributed by atoms with E-state index >= 15 is 0 Å². The second-order valence-corrected chi connectivity index (χ2v) is 10.6. The highest BCUT2D eigenvalue weighted by Gasteiger charge is 2.48. The number of benzene rings is 1. The summed E-state index contributed by atoms with van der Waals surface area (Å²) in [6.45, 7) is 3.35. The van der Waals surface area contributed by atoms with Crippen LogP contribution in [-0.4, -0.2) is 34.0 Å². The molecule has 1 saturated carbocycles. The van der Waals surface area contributed by atoms with Gasteiger partial charge in [0.15, 0.2) is 0 Å². The van der Waals surface area contributed by atoms with Gasteiger partial charge in [0.1, 0.15) is 5.69 Å². The van der Waals surface area contributed by atoms with Crippen LogP contribution in [0.4, 0.5) is 50.0 Å². The fourth-order valence-corrected chi connectivity index (χ4v) is 5.10. The Balaban J connectivity index is 1.86. The second-order valence-electron chi connectivity index (χ2n) is 10.6. The molecule has 2 atom stereocenters. The molecule has 2 aliphatic rings. The number of hydrogen-bond donors (Lipinski definition) is 0. The van der Waals surface area contributed by atoms with Gasteiger partial charge in [-0.05, 0) is 74.9 Å². The smallest absolute Gasteiger partial charge is 0.433 e. The summed E-state index contributed by atoms with van der Waals surface area (Å²) in [5.41, 5.74) is -5.55. The van der Waals surface area contributed by atoms with Crippen LogP contribution >= 0.6 is 0 Å². The van der Waals surface area contributed by atoms with E-state index in [1.54, 1.807) is 13.8 Å². The largest absolute Gasteiger partial charge is 0.446 e. The number of anilines is 1. The fraction of sp³-hybridized carbons (Fsp3) is 0.519. The molecule has 0 N–H and O–H groups in total. The van der Waals surface area contributed by atoms with Crippen molar-refractivity contribution in [3.8, 4) is 0 Å². The summed E-state index contributed by atoms with van der Waals surface area (Å²) in [5, 5.41) is 0. The zero-order chi connectivity index (χ0) is 31.4. The van der Waals surface area contributed by atoms with Gasteiger partial charge in [0, 0.05) is 19.5 Å². The molecule has 2 heterocycles. The molecule has 0 bridgehead atoms. The van der Waals surface area contributed by atoms with E-state index in [0.717, 1.165) is 17.9 Å². The standard InChI is InChI=1S/C27H26F9N3O3/c1-13(2)42-24(41)39-19-6-7-22(27(34,35)36)37-23(19)21(11-20(39)16-4-5-16)38(14(3)40)12-15-8-17(25(28,29)30)10-18(9-15)26(31,32)33/h6-10,13,16,20-21H,4-5,11-12H2,1-3H3/t20-,21-/m0/s1. The minimum atomic E-state index is -5.15. The number of carbonyl (C=O) groups excluding carboxylic acids is 2. The molecule has 15 heteroatoms. The first-order valence-electron chi connectivity index (χ1n) is 12.9. The van der Waals surface area contributed by atoms with Gasteiger partial charge in [0.05, 0.1) is 34.7 Å². The van der Waals surface area contributed by atoms with E-state index in [4.69, 9.17) is 4.74 Å². The van der Waals surface area contributed by atoms with Gasteiger partial charge in [-0.1, -0.05) is 0 Å². The summed E-state index contributed by atoms with van der Waals surface area (Å²) in [7, 11) is 0. The number of pyridine rings is 1. The highest BCUT2D eigenvalue weighted by Crippen LogP contribution is 2.49. The molecule has 1 aromatic carbocycles. The van der Waals surface area contributed by atoms with Gasteiger partial charge >= 0.3 is 24.6 Å². The third-order valence-electron chi connectivity index (χ3n) is 7.04. The van der Waals surface area contributed by atoms with E-state index in [2.05, 4.69) is 4.98 Å². The Bertz CT molecular complexity index is 1320. The van der Waals surface area contributed by atoms with Crippen molar-refractivity contribution in [3.63, 3.8) is 0 Å². The van der Waals surface area contributed by atoms with Crippen molar-refractivity contribution < 1.29 is 53.8 Å². The lowest BCUT2D eigenvalue weighted by molar-refractivity contribution is -0.143. The van der Waals surface area contributed by atoms with Crippen LogP contribution in [0.2, 0.25) is 0 Å². The summed E-state index contributed by atoms with van der Waals surface area (Å²) in [6.07, 6.45) is -15.5. The number of ether oxygens (including phenoxy) is 1. The number of alkyl halides is 9. The maximum Gasteiger partial charge on any atom is 0.433 e. The zero-order valence-electron chi connectivity index (χ0n) is 22.5. The number of amides is 2. The fourth-order valence-electron chi connectivity index (χ4n) is 5.10. The Hall–Kier alpha value is -3.52. The number of aromatic nitrogens is 1. The third-order valence-corrected chi connectivity index (χ3v) is 7.04. The number of rotatable bonds is 5. The molecule has 2 amide bonds. The van der Waals surface area contributed by atoms with Crippen LogP contribution in [0.25, 0.3) is 0 Å². The lowest BCUT2D eigenvalue weighted by atomic mass is 9.90. The van der Waals surface area contributed by atoms with Gasteiger partial charge in [-0.2, -0.15) is 39.5 Å². The lowest BCUT2D eigenvalue weighted by Crippen LogP contribution is -2.50. The maximum atomic E-state index is 13.7. The normalized spacial score (nSPS) is 19.5. The first-order valence-corrected chi connectivity index (χ1v) is 12.9. The van der Waals surface area contributed by atoms with Crippen LogP contribution in [-0.2, 0) is 34.6 Å². The Kier molecular flexibility index (Phi) is 8.19. The highest BCUT2D eigenvalue weighted by atomic mass is 19.4. The molecular formula is C27H26F9N3O3. The number of fused-ring (bicyclic) bond motifs is 1. The van der Waals surface area contributed by atoms with E-state index < -0.39 is 77.6 Å². The van der Waals surface area contributed by atoms with Gasteiger partial charge in [-0.15, -0.1) is 0 Å². The van der Waals surface area contributed by atoms with Crippen molar-refractivity contribution in [1.82, 2.24) is 9.88 Å². The highest BCUT2D eigenvalue weighted by molar-refractivity contribution is 5.90. The van der Waals surface area contributed by atoms with Crippen LogP contribution in [0.5, 0.6) is 0 Å². The van der Waals surface area contributed by atoms with Gasteiger partial charge in [-0.25, -0.2) is 9.78 Å². The molecule has 1 aromatic heterocycles. The van der Waals surface area contributed by atoms with Crippen LogP contribution in [0.3, 0.4) is 0 Å². The predicted molar refractivity (Wildman–Crippen MR) is 130 cm³/mol. The minimum Gasteiger partial charge on any atom is -0.446 e. The van der Waals surface area contributed by atoms with Gasteiger partial charge in [0.2, 0.25) is 5.91 Å². The maximum absolute atomic E-state index is 13.7. The SMILES string of the molecule is CC(=O)N(Cc1cc(C(F)(F)F)cc(C(F)(F)F)c1)[C@H]1C[C@@H](C2CC2)N(C(=O)OC(C)C)c2ccc(C(F)(F)F)nc21. The minimum absolute atomic E-state index is 0.0595. The number of hydrogen-bond acceptors (Lipinski definition) is 4. The van der Waals surface area contributed by atoms with Crippen molar-refractivity contribution in [2.24, 2.45) is 5.92 Å². The average Bonchev–Trinajstić information content (AvgIpc) is 3.69. The Morgan fingerprint density at radius 3 is 1.98 bits per heavy atom. The molecule has 1 fully saturated rings. The van der Waals surface area contributed by atoms with Crippen molar-refractivity contribution in [1.29, 1.82) is 0 Å². The molecule has 2 aromatic rings. The number of carbonyl (C=O) groups is 2. The third kappa shape index (κ3) is 6.75. The number of halogens is 9. The van der Waals surface area contributed by atoms with E-state index in [0.29, 0.717) is 31.0 Å². The topological polar surface area (TPSA) is 62.7 Å². The lowest BCUT2D eigenvalue weighted by Gasteiger charge is -2.43. The molecule has 0 spiro atoms. The molecule has 42 heavy (non-hydrogen) atoms. The molecule has 0 unspecified atom stereocenters. The number of nitrogens with zero attached hydrogens (tertiary/aromatic N) is 3.